The summed E-state index contributed by atoms with van der Waals surface area (Å²) in [6.45, 7) is 0.611. The summed E-state index contributed by atoms with van der Waals surface area (Å²) in [5.74, 6) is -0.487. The molecule has 0 bridgehead atoms. The molecule has 2 nitrogen and oxygen atoms in total. The van der Waals surface area contributed by atoms with Crippen LogP contribution >= 0.6 is 11.6 Å². The zero-order valence-corrected chi connectivity index (χ0v) is 12.2. The van der Waals surface area contributed by atoms with Crippen molar-refractivity contribution in [3.8, 4) is 0 Å². The predicted octanol–water partition coefficient (Wildman–Crippen LogP) is 4.22. The van der Waals surface area contributed by atoms with E-state index >= 15 is 0 Å². The lowest BCUT2D eigenvalue weighted by Crippen LogP contribution is -2.19. The van der Waals surface area contributed by atoms with Crippen LogP contribution in [0.3, 0.4) is 0 Å². The van der Waals surface area contributed by atoms with E-state index < -0.39 is 11.9 Å². The molecule has 0 aliphatic carbocycles. The van der Waals surface area contributed by atoms with Crippen molar-refractivity contribution >= 4 is 11.6 Å². The first kappa shape index (κ1) is 14.5. The molecule has 0 spiro atoms. The van der Waals surface area contributed by atoms with Gasteiger partial charge < -0.3 is 9.84 Å². The lowest BCUT2D eigenvalue weighted by atomic mass is 9.92. The van der Waals surface area contributed by atoms with E-state index in [9.17, 15) is 9.50 Å². The van der Waals surface area contributed by atoms with Crippen molar-refractivity contribution in [3.63, 3.8) is 0 Å². The Labute approximate surface area is 128 Å². The highest BCUT2D eigenvalue weighted by Gasteiger charge is 2.26. The Morgan fingerprint density at radius 3 is 2.86 bits per heavy atom. The molecule has 0 fully saturated rings. The van der Waals surface area contributed by atoms with E-state index in [0.29, 0.717) is 6.61 Å². The third-order valence-corrected chi connectivity index (χ3v) is 4.19. The van der Waals surface area contributed by atoms with Crippen molar-refractivity contribution < 1.29 is 14.2 Å². The molecule has 1 N–H and O–H groups in total. The van der Waals surface area contributed by atoms with E-state index in [0.717, 1.165) is 12.0 Å². The molecular weight excluding hydrogens is 291 g/mol. The maximum absolute atomic E-state index is 13.9. The van der Waals surface area contributed by atoms with Gasteiger partial charge in [-0.25, -0.2) is 4.39 Å². The molecule has 2 aromatic rings. The molecule has 0 radical (unpaired) electrons. The number of halogens is 2. The van der Waals surface area contributed by atoms with E-state index in [1.54, 1.807) is 6.07 Å². The summed E-state index contributed by atoms with van der Waals surface area (Å²) in [6.07, 6.45) is -0.0727. The molecular formula is C17H16ClFO2. The summed E-state index contributed by atoms with van der Waals surface area (Å²) >= 11 is 6.00. The molecule has 0 saturated carbocycles. The van der Waals surface area contributed by atoms with Gasteiger partial charge in [0.05, 0.1) is 18.8 Å². The van der Waals surface area contributed by atoms with Crippen LogP contribution in [0.4, 0.5) is 4.39 Å². The van der Waals surface area contributed by atoms with Crippen LogP contribution in [-0.4, -0.2) is 11.7 Å². The fraction of sp³-hybridized carbons (Fsp3) is 0.294. The highest BCUT2D eigenvalue weighted by Crippen LogP contribution is 2.36. The Kier molecular flexibility index (Phi) is 4.24. The van der Waals surface area contributed by atoms with Gasteiger partial charge in [-0.1, -0.05) is 41.9 Å². The largest absolute Gasteiger partial charge is 0.388 e. The molecule has 3 rings (SSSR count). The van der Waals surface area contributed by atoms with Crippen molar-refractivity contribution in [3.05, 3.63) is 70.0 Å². The average Bonchev–Trinajstić information content (AvgIpc) is 2.47. The fourth-order valence-corrected chi connectivity index (χ4v) is 3.11. The number of aliphatic hydroxyl groups excluding tert-OH is 1. The summed E-state index contributed by atoms with van der Waals surface area (Å²) in [5.41, 5.74) is 2.43. The summed E-state index contributed by atoms with van der Waals surface area (Å²) in [4.78, 5) is 0. The first-order chi connectivity index (χ1) is 10.2. The zero-order valence-electron chi connectivity index (χ0n) is 11.4. The lowest BCUT2D eigenvalue weighted by molar-refractivity contribution is 0.00307. The summed E-state index contributed by atoms with van der Waals surface area (Å²) in [5, 5.41) is 10.6. The highest BCUT2D eigenvalue weighted by atomic mass is 35.5. The zero-order chi connectivity index (χ0) is 14.8. The molecule has 0 aromatic heterocycles. The topological polar surface area (TPSA) is 29.5 Å². The van der Waals surface area contributed by atoms with Gasteiger partial charge in [0.25, 0.3) is 0 Å². The van der Waals surface area contributed by atoms with Gasteiger partial charge in [-0.15, -0.1) is 0 Å². The standard InChI is InChI=1S/C17H16ClFO2/c18-13-6-3-7-14(19)17(13)15(20)10-16-12-5-2-1-4-11(12)8-9-21-16/h1-7,15-16,20H,8-10H2. The van der Waals surface area contributed by atoms with E-state index in [2.05, 4.69) is 6.07 Å². The molecule has 1 aliphatic rings. The van der Waals surface area contributed by atoms with Crippen molar-refractivity contribution in [2.24, 2.45) is 0 Å². The number of hydrogen-bond donors (Lipinski definition) is 1. The maximum Gasteiger partial charge on any atom is 0.130 e. The van der Waals surface area contributed by atoms with Crippen molar-refractivity contribution in [1.29, 1.82) is 0 Å². The molecule has 110 valence electrons. The molecule has 2 unspecified atom stereocenters. The maximum atomic E-state index is 13.9. The van der Waals surface area contributed by atoms with Gasteiger partial charge in [-0.05, 0) is 29.7 Å². The lowest BCUT2D eigenvalue weighted by Gasteiger charge is -2.28. The van der Waals surface area contributed by atoms with E-state index in [1.165, 1.54) is 17.7 Å². The quantitative estimate of drug-likeness (QED) is 0.920. The van der Waals surface area contributed by atoms with Gasteiger partial charge in [0.15, 0.2) is 0 Å². The molecule has 2 atom stereocenters. The molecule has 0 amide bonds. The normalized spacial score (nSPS) is 19.1. The summed E-state index contributed by atoms with van der Waals surface area (Å²) in [6, 6.07) is 12.4. The monoisotopic (exact) mass is 306 g/mol. The number of hydrogen-bond acceptors (Lipinski definition) is 2. The smallest absolute Gasteiger partial charge is 0.130 e. The first-order valence-electron chi connectivity index (χ1n) is 6.98. The van der Waals surface area contributed by atoms with E-state index in [1.807, 2.05) is 18.2 Å². The van der Waals surface area contributed by atoms with Crippen LogP contribution in [0.2, 0.25) is 5.02 Å². The Balaban J connectivity index is 1.85. The van der Waals surface area contributed by atoms with Crippen LogP contribution in [0, 0.1) is 5.82 Å². The fourth-order valence-electron chi connectivity index (χ4n) is 2.82. The van der Waals surface area contributed by atoms with Crippen LogP contribution in [0.15, 0.2) is 42.5 Å². The van der Waals surface area contributed by atoms with Crippen molar-refractivity contribution in [2.45, 2.75) is 25.0 Å². The number of aliphatic hydroxyl groups is 1. The minimum atomic E-state index is -0.991. The molecule has 21 heavy (non-hydrogen) atoms. The molecule has 0 saturated heterocycles. The number of fused-ring (bicyclic) bond motifs is 1. The van der Waals surface area contributed by atoms with E-state index in [-0.39, 0.29) is 23.1 Å². The van der Waals surface area contributed by atoms with Crippen LogP contribution < -0.4 is 0 Å². The van der Waals surface area contributed by atoms with Crippen molar-refractivity contribution in [2.75, 3.05) is 6.61 Å². The number of benzene rings is 2. The second kappa shape index (κ2) is 6.14. The SMILES string of the molecule is OC(CC1OCCc2ccccc21)c1c(F)cccc1Cl. The van der Waals surface area contributed by atoms with Gasteiger partial charge in [0, 0.05) is 17.0 Å². The third-order valence-electron chi connectivity index (χ3n) is 3.86. The first-order valence-corrected chi connectivity index (χ1v) is 7.36. The Morgan fingerprint density at radius 1 is 1.24 bits per heavy atom. The molecule has 2 aromatic carbocycles. The van der Waals surface area contributed by atoms with Crippen LogP contribution in [-0.2, 0) is 11.2 Å². The van der Waals surface area contributed by atoms with E-state index in [4.69, 9.17) is 16.3 Å². The Hall–Kier alpha value is -1.42. The molecule has 1 aliphatic heterocycles. The average molecular weight is 307 g/mol. The third kappa shape index (κ3) is 2.95. The van der Waals surface area contributed by atoms with Gasteiger partial charge in [-0.2, -0.15) is 0 Å². The second-order valence-electron chi connectivity index (χ2n) is 5.20. The van der Waals surface area contributed by atoms with Crippen LogP contribution in [0.1, 0.15) is 35.3 Å². The predicted molar refractivity (Wildman–Crippen MR) is 79.8 cm³/mol. The van der Waals surface area contributed by atoms with Gasteiger partial charge in [0.2, 0.25) is 0 Å². The van der Waals surface area contributed by atoms with Crippen LogP contribution in [0.25, 0.3) is 0 Å². The van der Waals surface area contributed by atoms with Gasteiger partial charge >= 0.3 is 0 Å². The Morgan fingerprint density at radius 2 is 2.05 bits per heavy atom. The minimum absolute atomic E-state index is 0.144. The van der Waals surface area contributed by atoms with Crippen molar-refractivity contribution in [1.82, 2.24) is 0 Å². The summed E-state index contributed by atoms with van der Waals surface area (Å²) < 4.78 is 19.6. The summed E-state index contributed by atoms with van der Waals surface area (Å²) in [7, 11) is 0. The van der Waals surface area contributed by atoms with Crippen LogP contribution in [0.5, 0.6) is 0 Å². The number of rotatable bonds is 3. The molecule has 4 heteroatoms. The van der Waals surface area contributed by atoms with Gasteiger partial charge in [0.1, 0.15) is 5.82 Å². The van der Waals surface area contributed by atoms with Gasteiger partial charge in [-0.3, -0.25) is 0 Å². The highest BCUT2D eigenvalue weighted by molar-refractivity contribution is 6.31. The minimum Gasteiger partial charge on any atom is -0.388 e. The second-order valence-corrected chi connectivity index (χ2v) is 5.60. The Bertz CT molecular complexity index is 624. The number of ether oxygens (including phenoxy) is 1. The molecule has 1 heterocycles.